The summed E-state index contributed by atoms with van der Waals surface area (Å²) in [6.45, 7) is 0.272. The van der Waals surface area contributed by atoms with Crippen LogP contribution >= 0.6 is 11.8 Å². The zero-order valence-corrected chi connectivity index (χ0v) is 7.83. The van der Waals surface area contributed by atoms with Crippen molar-refractivity contribution in [3.8, 4) is 0 Å². The van der Waals surface area contributed by atoms with Crippen molar-refractivity contribution in [1.29, 1.82) is 0 Å². The predicted molar refractivity (Wildman–Crippen MR) is 51.5 cm³/mol. The van der Waals surface area contributed by atoms with E-state index in [9.17, 15) is 4.39 Å². The fourth-order valence-corrected chi connectivity index (χ4v) is 1.55. The number of halogens is 1. The van der Waals surface area contributed by atoms with Crippen LogP contribution in [0.5, 0.6) is 0 Å². The summed E-state index contributed by atoms with van der Waals surface area (Å²) in [5.41, 5.74) is 7.10. The highest BCUT2D eigenvalue weighted by molar-refractivity contribution is 7.97. The normalized spacial score (nSPS) is 10.2. The van der Waals surface area contributed by atoms with Gasteiger partial charge in [-0.2, -0.15) is 11.8 Å². The molecule has 0 aromatic heterocycles. The quantitative estimate of drug-likeness (QED) is 0.780. The number of rotatable bonds is 3. The Kier molecular flexibility index (Phi) is 3.56. The third-order valence-corrected chi connectivity index (χ3v) is 2.26. The van der Waals surface area contributed by atoms with Gasteiger partial charge >= 0.3 is 0 Å². The first-order valence-corrected chi connectivity index (χ1v) is 5.13. The molecule has 0 aliphatic carbocycles. The molecule has 0 fully saturated rings. The van der Waals surface area contributed by atoms with Gasteiger partial charge in [-0.1, -0.05) is 12.1 Å². The molecule has 0 aliphatic heterocycles. The fraction of sp³-hybridized carbons (Fsp3) is 0.333. The van der Waals surface area contributed by atoms with Gasteiger partial charge in [0.15, 0.2) is 0 Å². The smallest absolute Gasteiger partial charge is 0.127 e. The van der Waals surface area contributed by atoms with E-state index < -0.39 is 0 Å². The maximum atomic E-state index is 12.9. The topological polar surface area (TPSA) is 26.0 Å². The monoisotopic (exact) mass is 185 g/mol. The Labute approximate surface area is 76.2 Å². The van der Waals surface area contributed by atoms with Gasteiger partial charge < -0.3 is 5.73 Å². The van der Waals surface area contributed by atoms with Gasteiger partial charge in [-0.25, -0.2) is 4.39 Å². The van der Waals surface area contributed by atoms with E-state index in [0.717, 1.165) is 11.3 Å². The molecule has 0 bridgehead atoms. The molecule has 0 heterocycles. The molecule has 0 amide bonds. The molecule has 0 unspecified atom stereocenters. The maximum Gasteiger partial charge on any atom is 0.127 e. The number of hydrogen-bond donors (Lipinski definition) is 1. The third kappa shape index (κ3) is 2.22. The molecule has 12 heavy (non-hydrogen) atoms. The van der Waals surface area contributed by atoms with E-state index in [2.05, 4.69) is 0 Å². The lowest BCUT2D eigenvalue weighted by Crippen LogP contribution is -2.00. The lowest BCUT2D eigenvalue weighted by molar-refractivity contribution is 0.610. The van der Waals surface area contributed by atoms with Gasteiger partial charge in [0.1, 0.15) is 5.82 Å². The van der Waals surface area contributed by atoms with Crippen LogP contribution in [0.3, 0.4) is 0 Å². The van der Waals surface area contributed by atoms with Gasteiger partial charge in [0.2, 0.25) is 0 Å². The standard InChI is InChI=1S/C9H12FNS/c1-12-6-7-2-3-9(10)8(4-7)5-11/h2-4H,5-6,11H2,1H3. The Morgan fingerprint density at radius 3 is 2.83 bits per heavy atom. The van der Waals surface area contributed by atoms with Crippen molar-refractivity contribution >= 4 is 11.8 Å². The molecule has 0 radical (unpaired) electrons. The van der Waals surface area contributed by atoms with Crippen LogP contribution in [0.15, 0.2) is 18.2 Å². The zero-order valence-electron chi connectivity index (χ0n) is 7.01. The average molecular weight is 185 g/mol. The molecule has 0 aliphatic rings. The largest absolute Gasteiger partial charge is 0.326 e. The van der Waals surface area contributed by atoms with Crippen molar-refractivity contribution < 1.29 is 4.39 Å². The van der Waals surface area contributed by atoms with Crippen molar-refractivity contribution in [2.75, 3.05) is 6.26 Å². The molecular formula is C9H12FNS. The molecule has 1 rings (SSSR count). The molecule has 1 aromatic carbocycles. The Balaban J connectivity index is 2.89. The van der Waals surface area contributed by atoms with E-state index in [4.69, 9.17) is 5.73 Å². The number of thioether (sulfide) groups is 1. The van der Waals surface area contributed by atoms with E-state index >= 15 is 0 Å². The van der Waals surface area contributed by atoms with Crippen LogP contribution in [0.25, 0.3) is 0 Å². The SMILES string of the molecule is CSCc1ccc(F)c(CN)c1. The fourth-order valence-electron chi connectivity index (χ4n) is 1.04. The third-order valence-electron chi connectivity index (χ3n) is 1.64. The highest BCUT2D eigenvalue weighted by Crippen LogP contribution is 2.13. The molecule has 2 N–H and O–H groups in total. The van der Waals surface area contributed by atoms with E-state index in [1.54, 1.807) is 17.8 Å². The van der Waals surface area contributed by atoms with Crippen LogP contribution in [0.2, 0.25) is 0 Å². The summed E-state index contributed by atoms with van der Waals surface area (Å²) < 4.78 is 12.9. The predicted octanol–water partition coefficient (Wildman–Crippen LogP) is 2.15. The van der Waals surface area contributed by atoms with E-state index in [0.29, 0.717) is 5.56 Å². The Morgan fingerprint density at radius 2 is 2.25 bits per heavy atom. The summed E-state index contributed by atoms with van der Waals surface area (Å²) in [5, 5.41) is 0. The highest BCUT2D eigenvalue weighted by atomic mass is 32.2. The van der Waals surface area contributed by atoms with E-state index in [1.165, 1.54) is 6.07 Å². The molecule has 0 spiro atoms. The van der Waals surface area contributed by atoms with Crippen LogP contribution in [-0.2, 0) is 12.3 Å². The van der Waals surface area contributed by atoms with Crippen LogP contribution in [0, 0.1) is 5.82 Å². The Morgan fingerprint density at radius 1 is 1.50 bits per heavy atom. The second-order valence-corrected chi connectivity index (χ2v) is 3.43. The van der Waals surface area contributed by atoms with Crippen molar-refractivity contribution in [3.63, 3.8) is 0 Å². The van der Waals surface area contributed by atoms with Crippen molar-refractivity contribution in [2.24, 2.45) is 5.73 Å². The van der Waals surface area contributed by atoms with Gasteiger partial charge in [-0.15, -0.1) is 0 Å². The second-order valence-electron chi connectivity index (χ2n) is 2.56. The van der Waals surface area contributed by atoms with Gasteiger partial charge in [0.25, 0.3) is 0 Å². The Hall–Kier alpha value is -0.540. The number of nitrogens with two attached hydrogens (primary N) is 1. The van der Waals surface area contributed by atoms with Crippen molar-refractivity contribution in [3.05, 3.63) is 35.1 Å². The minimum atomic E-state index is -0.206. The summed E-state index contributed by atoms with van der Waals surface area (Å²) >= 11 is 1.72. The first-order chi connectivity index (χ1) is 5.77. The lowest BCUT2D eigenvalue weighted by atomic mass is 10.1. The Bertz CT molecular complexity index is 263. The van der Waals surface area contributed by atoms with Crippen LogP contribution in [0.1, 0.15) is 11.1 Å². The van der Waals surface area contributed by atoms with E-state index in [1.807, 2.05) is 12.3 Å². The van der Waals surface area contributed by atoms with Crippen molar-refractivity contribution in [1.82, 2.24) is 0 Å². The van der Waals surface area contributed by atoms with Crippen molar-refractivity contribution in [2.45, 2.75) is 12.3 Å². The lowest BCUT2D eigenvalue weighted by Gasteiger charge is -2.02. The van der Waals surface area contributed by atoms with Gasteiger partial charge in [0, 0.05) is 17.9 Å². The minimum absolute atomic E-state index is 0.206. The average Bonchev–Trinajstić information content (AvgIpc) is 2.09. The minimum Gasteiger partial charge on any atom is -0.326 e. The summed E-state index contributed by atoms with van der Waals surface area (Å²) in [5.74, 6) is 0.704. The molecular weight excluding hydrogens is 173 g/mol. The molecule has 1 aromatic rings. The molecule has 1 nitrogen and oxygen atoms in total. The number of hydrogen-bond acceptors (Lipinski definition) is 2. The van der Waals surface area contributed by atoms with Gasteiger partial charge in [-0.05, 0) is 17.9 Å². The maximum absolute atomic E-state index is 12.9. The van der Waals surface area contributed by atoms with Gasteiger partial charge in [-0.3, -0.25) is 0 Å². The van der Waals surface area contributed by atoms with E-state index in [-0.39, 0.29) is 12.4 Å². The summed E-state index contributed by atoms with van der Waals surface area (Å²) in [4.78, 5) is 0. The molecule has 0 saturated heterocycles. The van der Waals surface area contributed by atoms with Crippen LogP contribution < -0.4 is 5.73 Å². The number of benzene rings is 1. The summed E-state index contributed by atoms with van der Waals surface area (Å²) in [6, 6.07) is 5.10. The summed E-state index contributed by atoms with van der Waals surface area (Å²) in [7, 11) is 0. The van der Waals surface area contributed by atoms with Crippen LogP contribution in [-0.4, -0.2) is 6.26 Å². The first-order valence-electron chi connectivity index (χ1n) is 3.74. The molecule has 0 atom stereocenters. The zero-order chi connectivity index (χ0) is 8.97. The summed E-state index contributed by atoms with van der Waals surface area (Å²) in [6.07, 6.45) is 2.02. The van der Waals surface area contributed by atoms with Crippen LogP contribution in [0.4, 0.5) is 4.39 Å². The highest BCUT2D eigenvalue weighted by Gasteiger charge is 2.00. The van der Waals surface area contributed by atoms with Gasteiger partial charge in [0.05, 0.1) is 0 Å². The first kappa shape index (κ1) is 9.55. The molecule has 0 saturated carbocycles. The molecule has 66 valence electrons. The molecule has 3 heteroatoms. The second kappa shape index (κ2) is 4.48.